The molecule has 6 rings (SSSR count). The van der Waals surface area contributed by atoms with E-state index in [0.717, 1.165) is 48.9 Å². The molecular weight excluding hydrogens is 755 g/mol. The zero-order valence-electron chi connectivity index (χ0n) is 35.2. The number of unbranched alkanes of at least 4 members (excludes halogenated alkanes) is 4. The molecule has 2 aliphatic carbocycles. The van der Waals surface area contributed by atoms with Crippen LogP contribution in [-0.4, -0.2) is 59.3 Å². The number of phenols is 1. The lowest BCUT2D eigenvalue weighted by Crippen LogP contribution is -2.37. The predicted octanol–water partition coefficient (Wildman–Crippen LogP) is 8.50. The quantitative estimate of drug-likeness (QED) is 0.0300. The number of hydrogen-bond donors (Lipinski definition) is 7. The summed E-state index contributed by atoms with van der Waals surface area (Å²) in [6.45, 7) is 2.20. The highest BCUT2D eigenvalue weighted by molar-refractivity contribution is 5.71. The van der Waals surface area contributed by atoms with Crippen LogP contribution in [0.1, 0.15) is 119 Å². The Bertz CT molecular complexity index is 2000. The Kier molecular flexibility index (Phi) is 15.9. The third-order valence-electron chi connectivity index (χ3n) is 13.4. The van der Waals surface area contributed by atoms with Gasteiger partial charge in [-0.1, -0.05) is 87.9 Å². The lowest BCUT2D eigenvalue weighted by molar-refractivity contribution is -0.269. The van der Waals surface area contributed by atoms with Crippen LogP contribution in [0.2, 0.25) is 0 Å². The van der Waals surface area contributed by atoms with Crippen LogP contribution in [0.5, 0.6) is 11.5 Å². The molecule has 324 valence electrons. The number of nitrogens with one attached hydrogen (secondary N) is 1. The van der Waals surface area contributed by atoms with Crippen molar-refractivity contribution >= 4 is 11.8 Å². The molecule has 2 aromatic heterocycles. The number of nitrogens with zero attached hydrogens (tertiary/aromatic N) is 1. The first-order valence-corrected chi connectivity index (χ1v) is 22.4. The SMILES string of the molecule is CCCCCC1C=CC(CCCCCC(C(=O)O)C(O)CCC2(O)CC(Cc3ccnc(N)c3)CC2Cc2ccc(-c3cc(O)cc([O-])c3Cc3ccccc3)[nH]2)C(O)C1. The molecule has 1 saturated carbocycles. The first-order valence-electron chi connectivity index (χ1n) is 22.4. The van der Waals surface area contributed by atoms with Crippen molar-refractivity contribution in [3.05, 3.63) is 107 Å². The second kappa shape index (κ2) is 21.2. The molecule has 4 aromatic rings. The van der Waals surface area contributed by atoms with Gasteiger partial charge >= 0.3 is 5.97 Å². The van der Waals surface area contributed by atoms with Crippen molar-refractivity contribution in [3.8, 4) is 22.8 Å². The van der Waals surface area contributed by atoms with E-state index in [9.17, 15) is 35.4 Å². The second-order valence-electron chi connectivity index (χ2n) is 17.9. The minimum absolute atomic E-state index is 0.103. The molecule has 0 bridgehead atoms. The number of nitrogen functional groups attached to an aromatic ring is 1. The highest BCUT2D eigenvalue weighted by Crippen LogP contribution is 2.46. The van der Waals surface area contributed by atoms with E-state index in [1.807, 2.05) is 54.6 Å². The highest BCUT2D eigenvalue weighted by Gasteiger charge is 2.46. The number of benzene rings is 2. The van der Waals surface area contributed by atoms with Crippen molar-refractivity contribution in [2.75, 3.05) is 5.73 Å². The number of carboxylic acid groups (broad SMARTS) is 1. The molecule has 10 nitrogen and oxygen atoms in total. The molecule has 8 N–H and O–H groups in total. The normalized spacial score (nSPS) is 23.8. The number of hydrogen-bond acceptors (Lipinski definition) is 8. The summed E-state index contributed by atoms with van der Waals surface area (Å²) < 4.78 is 0. The van der Waals surface area contributed by atoms with Gasteiger partial charge in [-0.25, -0.2) is 4.98 Å². The third-order valence-corrected chi connectivity index (χ3v) is 13.4. The smallest absolute Gasteiger partial charge is 0.309 e. The summed E-state index contributed by atoms with van der Waals surface area (Å²) in [4.78, 5) is 20.1. The van der Waals surface area contributed by atoms with Crippen LogP contribution in [0.4, 0.5) is 5.82 Å². The number of aromatic nitrogens is 2. The Labute approximate surface area is 355 Å². The third kappa shape index (κ3) is 12.2. The zero-order chi connectivity index (χ0) is 42.6. The number of aromatic amines is 1. The Balaban J connectivity index is 1.09. The molecule has 0 saturated heterocycles. The average Bonchev–Trinajstić information content (AvgIpc) is 3.80. The molecule has 8 unspecified atom stereocenters. The molecule has 1 fully saturated rings. The zero-order valence-corrected chi connectivity index (χ0v) is 35.2. The van der Waals surface area contributed by atoms with E-state index in [1.54, 1.807) is 12.3 Å². The van der Waals surface area contributed by atoms with Gasteiger partial charge in [0.15, 0.2) is 0 Å². The number of allylic oxidation sites excluding steroid dienone is 1. The average molecular weight is 821 g/mol. The first kappa shape index (κ1) is 44.9. The second-order valence-corrected chi connectivity index (χ2v) is 17.9. The minimum atomic E-state index is -1.16. The van der Waals surface area contributed by atoms with E-state index in [4.69, 9.17) is 5.73 Å². The van der Waals surface area contributed by atoms with Crippen LogP contribution in [0.25, 0.3) is 11.3 Å². The maximum atomic E-state index is 13.1. The molecule has 0 radical (unpaired) electrons. The molecule has 60 heavy (non-hydrogen) atoms. The standard InChI is InChI=1S/C50H67N3O7/c1-2-3-6-11-34-16-17-37(46(56)27-34)14-9-5-10-15-41(49(58)59)45(55)20-22-50(60)32-36(24-35-21-23-52-48(51)28-35)25-38(50)29-39-18-19-44(53-39)42-30-40(54)31-47(57)43(42)26-33-12-7-4-8-13-33/h4,7-8,12-13,16-19,21,23,28,30-31,34,36-38,41,45-46,53-57,60H,2-3,5-6,9-11,14-15,20,22,24-27,29,32H2,1H3,(H2,51,52)(H,58,59)/p-1. The number of aliphatic hydroxyl groups is 3. The van der Waals surface area contributed by atoms with Crippen LogP contribution < -0.4 is 10.8 Å². The number of rotatable bonds is 22. The van der Waals surface area contributed by atoms with Gasteiger partial charge in [0, 0.05) is 29.1 Å². The van der Waals surface area contributed by atoms with Gasteiger partial charge < -0.3 is 41.4 Å². The van der Waals surface area contributed by atoms with E-state index in [0.29, 0.717) is 73.5 Å². The van der Waals surface area contributed by atoms with Crippen molar-refractivity contribution in [2.45, 2.75) is 134 Å². The van der Waals surface area contributed by atoms with Crippen molar-refractivity contribution in [1.29, 1.82) is 0 Å². The van der Waals surface area contributed by atoms with Crippen molar-refractivity contribution in [2.24, 2.45) is 29.6 Å². The van der Waals surface area contributed by atoms with Gasteiger partial charge in [-0.3, -0.25) is 4.79 Å². The number of H-pyrrole nitrogens is 1. The van der Waals surface area contributed by atoms with Gasteiger partial charge in [-0.15, -0.1) is 5.75 Å². The molecule has 8 atom stereocenters. The molecule has 0 aliphatic heterocycles. The minimum Gasteiger partial charge on any atom is -0.872 e. The van der Waals surface area contributed by atoms with Gasteiger partial charge in [-0.05, 0) is 141 Å². The van der Waals surface area contributed by atoms with Crippen LogP contribution >= 0.6 is 0 Å². The van der Waals surface area contributed by atoms with E-state index in [1.165, 1.54) is 25.3 Å². The molecular formula is C50H66N3O7-. The highest BCUT2D eigenvalue weighted by atomic mass is 16.4. The lowest BCUT2D eigenvalue weighted by atomic mass is 9.80. The Morgan fingerprint density at radius 2 is 1.75 bits per heavy atom. The molecule has 0 spiro atoms. The van der Waals surface area contributed by atoms with Crippen molar-refractivity contribution in [1.82, 2.24) is 9.97 Å². The van der Waals surface area contributed by atoms with Crippen LogP contribution in [0, 0.1) is 29.6 Å². The Hall–Kier alpha value is -4.64. The topological polar surface area (TPSA) is 196 Å². The summed E-state index contributed by atoms with van der Waals surface area (Å²) in [5.74, 6) is -1.34. The summed E-state index contributed by atoms with van der Waals surface area (Å²) in [5.41, 5.74) is 9.63. The van der Waals surface area contributed by atoms with Gasteiger partial charge in [0.1, 0.15) is 11.6 Å². The van der Waals surface area contributed by atoms with E-state index in [2.05, 4.69) is 29.0 Å². The van der Waals surface area contributed by atoms with E-state index in [-0.39, 0.29) is 48.2 Å². The molecule has 2 heterocycles. The fourth-order valence-electron chi connectivity index (χ4n) is 10.0. The number of anilines is 1. The van der Waals surface area contributed by atoms with Crippen LogP contribution in [0.3, 0.4) is 0 Å². The van der Waals surface area contributed by atoms with Crippen molar-refractivity contribution in [3.63, 3.8) is 0 Å². The summed E-state index contributed by atoms with van der Waals surface area (Å²) in [5, 5.41) is 68.3. The number of carbonyl (C=O) groups is 1. The molecule has 2 aliphatic rings. The summed E-state index contributed by atoms with van der Waals surface area (Å²) >= 11 is 0. The first-order chi connectivity index (χ1) is 28.9. The number of aromatic hydroxyl groups is 1. The Morgan fingerprint density at radius 3 is 2.50 bits per heavy atom. The fourth-order valence-corrected chi connectivity index (χ4v) is 10.0. The fraction of sp³-hybridized carbons (Fsp3) is 0.520. The lowest BCUT2D eigenvalue weighted by Gasteiger charge is -2.32. The van der Waals surface area contributed by atoms with E-state index < -0.39 is 23.6 Å². The van der Waals surface area contributed by atoms with Crippen molar-refractivity contribution < 1.29 is 35.4 Å². The summed E-state index contributed by atoms with van der Waals surface area (Å²) in [7, 11) is 0. The van der Waals surface area contributed by atoms with Gasteiger partial charge in [0.25, 0.3) is 0 Å². The number of phenolic OH excluding ortho intramolecular Hbond substituents is 1. The van der Waals surface area contributed by atoms with Crippen LogP contribution in [-0.2, 0) is 24.1 Å². The molecule has 2 aromatic carbocycles. The maximum Gasteiger partial charge on any atom is 0.309 e. The number of aliphatic carboxylic acids is 1. The van der Waals surface area contributed by atoms with Gasteiger partial charge in [0.05, 0.1) is 23.7 Å². The van der Waals surface area contributed by atoms with Gasteiger partial charge in [0.2, 0.25) is 0 Å². The van der Waals surface area contributed by atoms with E-state index >= 15 is 0 Å². The largest absolute Gasteiger partial charge is 0.872 e. The van der Waals surface area contributed by atoms with Crippen LogP contribution in [0.15, 0.2) is 85.1 Å². The Morgan fingerprint density at radius 1 is 0.950 bits per heavy atom. The molecule has 10 heteroatoms. The molecule has 0 amide bonds. The number of nitrogens with two attached hydrogens (primary N) is 1. The number of carboxylic acids is 1. The van der Waals surface area contributed by atoms with Gasteiger partial charge in [-0.2, -0.15) is 0 Å². The maximum absolute atomic E-state index is 13.1. The monoisotopic (exact) mass is 820 g/mol. The summed E-state index contributed by atoms with van der Waals surface area (Å²) in [6, 6.07) is 20.2. The number of pyridine rings is 1. The summed E-state index contributed by atoms with van der Waals surface area (Å²) in [6.07, 6.45) is 17.1. The predicted molar refractivity (Wildman–Crippen MR) is 234 cm³/mol. The number of aliphatic hydroxyl groups excluding tert-OH is 2.